The average Bonchev–Trinajstić information content (AvgIpc) is 2.75. The molecule has 1 amide bonds. The normalized spacial score (nSPS) is 13.0. The lowest BCUT2D eigenvalue weighted by Crippen LogP contribution is -2.49. The summed E-state index contributed by atoms with van der Waals surface area (Å²) in [7, 11) is 0. The second kappa shape index (κ2) is 11.5. The van der Waals surface area contributed by atoms with Crippen LogP contribution in [0.2, 0.25) is 0 Å². The van der Waals surface area contributed by atoms with Crippen LogP contribution in [0.4, 0.5) is 13.2 Å². The number of nitrogens with one attached hydrogen (secondary N) is 1. The van der Waals surface area contributed by atoms with Gasteiger partial charge in [0.25, 0.3) is 0 Å². The number of rotatable bonds is 11. The van der Waals surface area contributed by atoms with E-state index >= 15 is 0 Å². The molecule has 0 aliphatic rings. The standard InChI is InChI=1S/C22H26F3N3O2/c23-16-10-9-15(20(24)21(16)25)13-19(29)18(11-8-14-5-2-1-3-6-14)28-22(30)17(27)7-4-12-26/h1-3,5-6,9-10,17-18H,4,7-8,11-13,26-27H2,(H,28,30)/t17-,18+/m0/s1. The molecule has 8 heteroatoms. The van der Waals surface area contributed by atoms with Crippen LogP contribution >= 0.6 is 0 Å². The smallest absolute Gasteiger partial charge is 0.237 e. The zero-order valence-electron chi connectivity index (χ0n) is 16.5. The lowest BCUT2D eigenvalue weighted by atomic mass is 9.97. The summed E-state index contributed by atoms with van der Waals surface area (Å²) in [5.74, 6) is -5.40. The Morgan fingerprint density at radius 1 is 0.967 bits per heavy atom. The largest absolute Gasteiger partial charge is 0.345 e. The Labute approximate surface area is 173 Å². The number of hydrogen-bond donors (Lipinski definition) is 3. The minimum atomic E-state index is -1.63. The third-order valence-corrected chi connectivity index (χ3v) is 4.81. The molecule has 2 aromatic rings. The molecule has 0 aromatic heterocycles. The molecule has 30 heavy (non-hydrogen) atoms. The van der Waals surface area contributed by atoms with Gasteiger partial charge in [0, 0.05) is 6.42 Å². The molecule has 5 N–H and O–H groups in total. The van der Waals surface area contributed by atoms with Crippen molar-refractivity contribution in [2.75, 3.05) is 6.54 Å². The number of Topliss-reactive ketones (excluding diaryl/α,β-unsaturated/α-hetero) is 1. The van der Waals surface area contributed by atoms with Crippen LogP contribution in [0.25, 0.3) is 0 Å². The number of halogens is 3. The van der Waals surface area contributed by atoms with Crippen LogP contribution in [0.1, 0.15) is 30.4 Å². The van der Waals surface area contributed by atoms with Gasteiger partial charge >= 0.3 is 0 Å². The summed E-state index contributed by atoms with van der Waals surface area (Å²) < 4.78 is 40.6. The monoisotopic (exact) mass is 421 g/mol. The van der Waals surface area contributed by atoms with Crippen LogP contribution in [-0.4, -0.2) is 30.3 Å². The molecule has 0 bridgehead atoms. The van der Waals surface area contributed by atoms with Gasteiger partial charge in [-0.2, -0.15) is 0 Å². The SMILES string of the molecule is NCCC[C@H](N)C(=O)N[C@H](CCc1ccccc1)C(=O)Cc1ccc(F)c(F)c1F. The molecule has 162 valence electrons. The molecule has 0 spiro atoms. The summed E-state index contributed by atoms with van der Waals surface area (Å²) in [4.78, 5) is 25.2. The topological polar surface area (TPSA) is 98.2 Å². The van der Waals surface area contributed by atoms with Crippen LogP contribution in [0.15, 0.2) is 42.5 Å². The first-order chi connectivity index (χ1) is 14.3. The predicted molar refractivity (Wildman–Crippen MR) is 108 cm³/mol. The zero-order chi connectivity index (χ0) is 22.1. The molecule has 0 heterocycles. The molecular weight excluding hydrogens is 395 g/mol. The number of carbonyl (C=O) groups is 2. The molecule has 0 aliphatic heterocycles. The number of benzene rings is 2. The molecule has 0 unspecified atom stereocenters. The molecule has 0 saturated carbocycles. The Morgan fingerprint density at radius 3 is 2.33 bits per heavy atom. The van der Waals surface area contributed by atoms with Crippen molar-refractivity contribution in [3.05, 3.63) is 71.0 Å². The van der Waals surface area contributed by atoms with E-state index in [1.165, 1.54) is 0 Å². The molecule has 0 aliphatic carbocycles. The number of ketones is 1. The van der Waals surface area contributed by atoms with Gasteiger partial charge in [-0.15, -0.1) is 0 Å². The number of aryl methyl sites for hydroxylation is 1. The second-order valence-corrected chi connectivity index (χ2v) is 7.10. The minimum Gasteiger partial charge on any atom is -0.345 e. The molecule has 2 rings (SSSR count). The first-order valence-electron chi connectivity index (χ1n) is 9.78. The van der Waals surface area contributed by atoms with Gasteiger partial charge in [0.15, 0.2) is 23.2 Å². The third kappa shape index (κ3) is 6.67. The maximum absolute atomic E-state index is 14.0. The molecule has 0 saturated heterocycles. The molecule has 2 atom stereocenters. The second-order valence-electron chi connectivity index (χ2n) is 7.10. The van der Waals surface area contributed by atoms with Crippen molar-refractivity contribution in [1.29, 1.82) is 0 Å². The zero-order valence-corrected chi connectivity index (χ0v) is 16.5. The van der Waals surface area contributed by atoms with E-state index in [0.29, 0.717) is 25.8 Å². The van der Waals surface area contributed by atoms with E-state index in [9.17, 15) is 22.8 Å². The Balaban J connectivity index is 2.13. The van der Waals surface area contributed by atoms with E-state index in [1.54, 1.807) is 0 Å². The van der Waals surface area contributed by atoms with Crippen LogP contribution in [0.3, 0.4) is 0 Å². The van der Waals surface area contributed by atoms with Gasteiger partial charge in [-0.05, 0) is 49.4 Å². The summed E-state index contributed by atoms with van der Waals surface area (Å²) >= 11 is 0. The minimum absolute atomic E-state index is 0.253. The van der Waals surface area contributed by atoms with E-state index in [1.807, 2.05) is 30.3 Å². The maximum atomic E-state index is 14.0. The fraction of sp³-hybridized carbons (Fsp3) is 0.364. The molecule has 2 aromatic carbocycles. The van der Waals surface area contributed by atoms with Crippen molar-refractivity contribution in [1.82, 2.24) is 5.32 Å². The molecular formula is C22H26F3N3O2. The Morgan fingerprint density at radius 2 is 1.67 bits per heavy atom. The number of carbonyl (C=O) groups excluding carboxylic acids is 2. The van der Waals surface area contributed by atoms with Gasteiger partial charge < -0.3 is 16.8 Å². The van der Waals surface area contributed by atoms with E-state index in [-0.39, 0.29) is 12.0 Å². The average molecular weight is 421 g/mol. The first kappa shape index (κ1) is 23.6. The lowest BCUT2D eigenvalue weighted by Gasteiger charge is -2.20. The van der Waals surface area contributed by atoms with E-state index in [0.717, 1.165) is 17.7 Å². The number of nitrogens with two attached hydrogens (primary N) is 2. The van der Waals surface area contributed by atoms with Gasteiger partial charge in [-0.3, -0.25) is 9.59 Å². The fourth-order valence-electron chi connectivity index (χ4n) is 3.03. The predicted octanol–water partition coefficient (Wildman–Crippen LogP) is 2.40. The highest BCUT2D eigenvalue weighted by atomic mass is 19.2. The van der Waals surface area contributed by atoms with Crippen LogP contribution in [0, 0.1) is 17.5 Å². The van der Waals surface area contributed by atoms with Gasteiger partial charge in [0.1, 0.15) is 0 Å². The van der Waals surface area contributed by atoms with E-state index in [2.05, 4.69) is 5.32 Å². The Bertz CT molecular complexity index is 862. The summed E-state index contributed by atoms with van der Waals surface area (Å²) in [6, 6.07) is 9.33. The van der Waals surface area contributed by atoms with Crippen molar-refractivity contribution >= 4 is 11.7 Å². The third-order valence-electron chi connectivity index (χ3n) is 4.81. The van der Waals surface area contributed by atoms with Crippen molar-refractivity contribution in [2.45, 2.75) is 44.2 Å². The van der Waals surface area contributed by atoms with Gasteiger partial charge in [-0.1, -0.05) is 36.4 Å². The number of hydrogen-bond acceptors (Lipinski definition) is 4. The summed E-state index contributed by atoms with van der Waals surface area (Å²) in [5, 5.41) is 2.62. The lowest BCUT2D eigenvalue weighted by molar-refractivity contribution is -0.128. The van der Waals surface area contributed by atoms with Gasteiger partial charge in [-0.25, -0.2) is 13.2 Å². The highest BCUT2D eigenvalue weighted by Crippen LogP contribution is 2.17. The highest BCUT2D eigenvalue weighted by Gasteiger charge is 2.25. The number of amides is 1. The summed E-state index contributed by atoms with van der Waals surface area (Å²) in [5.41, 5.74) is 12.0. The summed E-state index contributed by atoms with van der Waals surface area (Å²) in [6.07, 6.45) is 1.16. The summed E-state index contributed by atoms with van der Waals surface area (Å²) in [6.45, 7) is 0.382. The molecule has 0 radical (unpaired) electrons. The van der Waals surface area contributed by atoms with Crippen molar-refractivity contribution < 1.29 is 22.8 Å². The first-order valence-corrected chi connectivity index (χ1v) is 9.78. The van der Waals surface area contributed by atoms with Gasteiger partial charge in [0.2, 0.25) is 5.91 Å². The Kier molecular flexibility index (Phi) is 9.01. The van der Waals surface area contributed by atoms with Gasteiger partial charge in [0.05, 0.1) is 12.1 Å². The van der Waals surface area contributed by atoms with Crippen molar-refractivity contribution in [3.8, 4) is 0 Å². The fourth-order valence-corrected chi connectivity index (χ4v) is 3.03. The molecule has 5 nitrogen and oxygen atoms in total. The van der Waals surface area contributed by atoms with Crippen LogP contribution < -0.4 is 16.8 Å². The van der Waals surface area contributed by atoms with E-state index < -0.39 is 47.6 Å². The van der Waals surface area contributed by atoms with Crippen LogP contribution in [0.5, 0.6) is 0 Å². The van der Waals surface area contributed by atoms with E-state index in [4.69, 9.17) is 11.5 Å². The quantitative estimate of drug-likeness (QED) is 0.485. The highest BCUT2D eigenvalue weighted by molar-refractivity contribution is 5.91. The maximum Gasteiger partial charge on any atom is 0.237 e. The Hall–Kier alpha value is -2.71. The van der Waals surface area contributed by atoms with Crippen molar-refractivity contribution in [3.63, 3.8) is 0 Å². The van der Waals surface area contributed by atoms with Crippen LogP contribution in [-0.2, 0) is 22.4 Å². The van der Waals surface area contributed by atoms with Crippen molar-refractivity contribution in [2.24, 2.45) is 11.5 Å². The molecule has 0 fully saturated rings.